The lowest BCUT2D eigenvalue weighted by atomic mass is 10.1. The first kappa shape index (κ1) is 22.5. The molecule has 8 nitrogen and oxygen atoms in total. The van der Waals surface area contributed by atoms with Gasteiger partial charge in [-0.2, -0.15) is 10.2 Å². The third kappa shape index (κ3) is 8.05. The molecule has 0 saturated heterocycles. The summed E-state index contributed by atoms with van der Waals surface area (Å²) >= 11 is 0. The molecule has 0 bridgehead atoms. The lowest BCUT2D eigenvalue weighted by Crippen LogP contribution is -2.24. The van der Waals surface area contributed by atoms with Gasteiger partial charge in [-0.05, 0) is 67.4 Å². The minimum absolute atomic E-state index is 0.153. The summed E-state index contributed by atoms with van der Waals surface area (Å²) in [6.45, 7) is 3.90. The summed E-state index contributed by atoms with van der Waals surface area (Å²) in [5.41, 5.74) is 2.37. The van der Waals surface area contributed by atoms with E-state index in [0.717, 1.165) is 12.8 Å². The number of hydrogen-bond donors (Lipinski definition) is 3. The van der Waals surface area contributed by atoms with Crippen LogP contribution in [0.4, 0.5) is 17.1 Å². The number of amides is 2. The highest BCUT2D eigenvalue weighted by molar-refractivity contribution is 5.98. The highest BCUT2D eigenvalue weighted by Crippen LogP contribution is 2.20. The standard InChI is InChI=1S/C22H24N4O4/c1-2-20(27)24-17-11-13-19(14-12-17)26-25-18-9-7-16(8-10-18)22(30)23-15-5-3-4-6-21(28)29/h2,7-14H,1,3-6,15H2,(H,23,30)(H,24,27)(H,28,29). The number of nitrogens with one attached hydrogen (secondary N) is 2. The number of carboxylic acids is 1. The van der Waals surface area contributed by atoms with Crippen LogP contribution in [-0.2, 0) is 9.59 Å². The van der Waals surface area contributed by atoms with E-state index in [0.29, 0.717) is 35.6 Å². The van der Waals surface area contributed by atoms with Crippen LogP contribution in [-0.4, -0.2) is 29.4 Å². The molecule has 0 saturated carbocycles. The zero-order valence-electron chi connectivity index (χ0n) is 16.5. The monoisotopic (exact) mass is 408 g/mol. The molecule has 0 heterocycles. The Labute approximate surface area is 174 Å². The number of anilines is 1. The van der Waals surface area contributed by atoms with Crippen molar-refractivity contribution in [1.82, 2.24) is 5.32 Å². The van der Waals surface area contributed by atoms with E-state index in [4.69, 9.17) is 5.11 Å². The van der Waals surface area contributed by atoms with E-state index in [9.17, 15) is 14.4 Å². The largest absolute Gasteiger partial charge is 0.481 e. The molecular weight excluding hydrogens is 384 g/mol. The predicted molar refractivity (Wildman–Crippen MR) is 114 cm³/mol. The first-order valence-electron chi connectivity index (χ1n) is 9.53. The van der Waals surface area contributed by atoms with Gasteiger partial charge in [-0.25, -0.2) is 0 Å². The molecule has 0 unspecified atom stereocenters. The summed E-state index contributed by atoms with van der Waals surface area (Å²) in [6.07, 6.45) is 3.45. The van der Waals surface area contributed by atoms with Gasteiger partial charge in [0.2, 0.25) is 5.91 Å². The Kier molecular flexibility index (Phi) is 8.92. The Morgan fingerprint density at radius 1 is 0.900 bits per heavy atom. The van der Waals surface area contributed by atoms with Crippen LogP contribution in [0.15, 0.2) is 71.4 Å². The average Bonchev–Trinajstić information content (AvgIpc) is 2.75. The number of carboxylic acid groups (broad SMARTS) is 1. The topological polar surface area (TPSA) is 120 Å². The van der Waals surface area contributed by atoms with Crippen LogP contribution in [0.25, 0.3) is 0 Å². The van der Waals surface area contributed by atoms with Crippen molar-refractivity contribution in [2.45, 2.75) is 25.7 Å². The van der Waals surface area contributed by atoms with E-state index >= 15 is 0 Å². The lowest BCUT2D eigenvalue weighted by molar-refractivity contribution is -0.137. The van der Waals surface area contributed by atoms with Crippen molar-refractivity contribution in [3.63, 3.8) is 0 Å². The maximum atomic E-state index is 12.1. The van der Waals surface area contributed by atoms with Crippen LogP contribution in [0.5, 0.6) is 0 Å². The van der Waals surface area contributed by atoms with E-state index in [-0.39, 0.29) is 18.2 Å². The zero-order chi connectivity index (χ0) is 21.8. The van der Waals surface area contributed by atoms with Gasteiger partial charge in [-0.15, -0.1) is 0 Å². The number of benzene rings is 2. The molecule has 8 heteroatoms. The Balaban J connectivity index is 1.80. The Hall–Kier alpha value is -3.81. The van der Waals surface area contributed by atoms with Gasteiger partial charge in [0.05, 0.1) is 11.4 Å². The second-order valence-corrected chi connectivity index (χ2v) is 6.45. The SMILES string of the molecule is C=CC(=O)Nc1ccc(N=Nc2ccc(C(=O)NCCCCCC(=O)O)cc2)cc1. The van der Waals surface area contributed by atoms with Gasteiger partial charge in [0.15, 0.2) is 0 Å². The summed E-state index contributed by atoms with van der Waals surface area (Å²) < 4.78 is 0. The van der Waals surface area contributed by atoms with Crippen molar-refractivity contribution in [3.05, 3.63) is 66.7 Å². The van der Waals surface area contributed by atoms with Crippen molar-refractivity contribution in [2.24, 2.45) is 10.2 Å². The number of carbonyl (C=O) groups excluding carboxylic acids is 2. The van der Waals surface area contributed by atoms with Gasteiger partial charge in [0, 0.05) is 24.2 Å². The molecule has 0 atom stereocenters. The molecule has 3 N–H and O–H groups in total. The molecule has 0 aliphatic rings. The smallest absolute Gasteiger partial charge is 0.303 e. The third-order valence-corrected chi connectivity index (χ3v) is 4.08. The van der Waals surface area contributed by atoms with E-state index in [1.54, 1.807) is 48.5 Å². The third-order valence-electron chi connectivity index (χ3n) is 4.08. The van der Waals surface area contributed by atoms with Crippen LogP contribution in [0, 0.1) is 0 Å². The molecule has 156 valence electrons. The summed E-state index contributed by atoms with van der Waals surface area (Å²) in [5.74, 6) is -1.27. The van der Waals surface area contributed by atoms with Gasteiger partial charge in [-0.1, -0.05) is 13.0 Å². The van der Waals surface area contributed by atoms with Crippen LogP contribution >= 0.6 is 0 Å². The number of nitrogens with zero attached hydrogens (tertiary/aromatic N) is 2. The van der Waals surface area contributed by atoms with Crippen molar-refractivity contribution in [2.75, 3.05) is 11.9 Å². The fourth-order valence-electron chi connectivity index (χ4n) is 2.48. The molecule has 0 radical (unpaired) electrons. The first-order valence-corrected chi connectivity index (χ1v) is 9.53. The zero-order valence-corrected chi connectivity index (χ0v) is 16.5. The number of rotatable bonds is 11. The molecule has 0 aliphatic heterocycles. The van der Waals surface area contributed by atoms with Crippen molar-refractivity contribution >= 4 is 34.8 Å². The Morgan fingerprint density at radius 3 is 2.07 bits per heavy atom. The van der Waals surface area contributed by atoms with Crippen LogP contribution < -0.4 is 10.6 Å². The van der Waals surface area contributed by atoms with Gasteiger partial charge in [0.1, 0.15) is 0 Å². The lowest BCUT2D eigenvalue weighted by Gasteiger charge is -2.05. The quantitative estimate of drug-likeness (QED) is 0.286. The van der Waals surface area contributed by atoms with Crippen molar-refractivity contribution in [3.8, 4) is 0 Å². The van der Waals surface area contributed by atoms with E-state index in [1.165, 1.54) is 6.08 Å². The maximum absolute atomic E-state index is 12.1. The number of aliphatic carboxylic acids is 1. The Bertz CT molecular complexity index is 906. The second-order valence-electron chi connectivity index (χ2n) is 6.45. The average molecular weight is 408 g/mol. The first-order chi connectivity index (χ1) is 14.5. The summed E-state index contributed by atoms with van der Waals surface area (Å²) in [6, 6.07) is 13.6. The Morgan fingerprint density at radius 2 is 1.50 bits per heavy atom. The fraction of sp³-hybridized carbons (Fsp3) is 0.227. The molecule has 30 heavy (non-hydrogen) atoms. The van der Waals surface area contributed by atoms with Gasteiger partial charge < -0.3 is 15.7 Å². The minimum Gasteiger partial charge on any atom is -0.481 e. The summed E-state index contributed by atoms with van der Waals surface area (Å²) in [4.78, 5) is 33.8. The molecule has 2 rings (SSSR count). The molecule has 2 amide bonds. The number of unbranched alkanes of at least 4 members (excludes halogenated alkanes) is 2. The number of hydrogen-bond acceptors (Lipinski definition) is 5. The number of azo groups is 1. The van der Waals surface area contributed by atoms with E-state index in [1.807, 2.05) is 0 Å². The van der Waals surface area contributed by atoms with Crippen molar-refractivity contribution < 1.29 is 19.5 Å². The normalized spacial score (nSPS) is 10.5. The molecule has 0 aromatic heterocycles. The molecule has 0 aliphatic carbocycles. The summed E-state index contributed by atoms with van der Waals surface area (Å²) in [7, 11) is 0. The molecule has 0 spiro atoms. The summed E-state index contributed by atoms with van der Waals surface area (Å²) in [5, 5.41) is 22.3. The second kappa shape index (κ2) is 11.9. The van der Waals surface area contributed by atoms with Gasteiger partial charge >= 0.3 is 5.97 Å². The molecule has 0 fully saturated rings. The fourth-order valence-corrected chi connectivity index (χ4v) is 2.48. The molecule has 2 aromatic rings. The van der Waals surface area contributed by atoms with Crippen LogP contribution in [0.2, 0.25) is 0 Å². The maximum Gasteiger partial charge on any atom is 0.303 e. The van der Waals surface area contributed by atoms with Gasteiger partial charge in [0.25, 0.3) is 5.91 Å². The predicted octanol–water partition coefficient (Wildman–Crippen LogP) is 4.60. The minimum atomic E-state index is -0.801. The van der Waals surface area contributed by atoms with Gasteiger partial charge in [-0.3, -0.25) is 14.4 Å². The van der Waals surface area contributed by atoms with E-state index in [2.05, 4.69) is 27.4 Å². The highest BCUT2D eigenvalue weighted by atomic mass is 16.4. The van der Waals surface area contributed by atoms with Crippen LogP contribution in [0.3, 0.4) is 0 Å². The highest BCUT2D eigenvalue weighted by Gasteiger charge is 2.05. The van der Waals surface area contributed by atoms with Crippen molar-refractivity contribution in [1.29, 1.82) is 0 Å². The molecular formula is C22H24N4O4. The van der Waals surface area contributed by atoms with Crippen LogP contribution in [0.1, 0.15) is 36.0 Å². The number of carbonyl (C=O) groups is 3. The van der Waals surface area contributed by atoms with E-state index < -0.39 is 5.97 Å². The molecule has 2 aromatic carbocycles.